The van der Waals surface area contributed by atoms with Crippen LogP contribution in [0.25, 0.3) is 0 Å². The third-order valence-corrected chi connectivity index (χ3v) is 15.4. The number of carbonyl (C=O) groups is 1. The first-order chi connectivity index (χ1) is 26.5. The van der Waals surface area contributed by atoms with Crippen LogP contribution in [0.15, 0.2) is 24.3 Å². The first-order valence-corrected chi connectivity index (χ1v) is 21.7. The highest BCUT2D eigenvalue weighted by molar-refractivity contribution is 5.70. The number of hydrogen-bond acceptors (Lipinski definition) is 12. The lowest BCUT2D eigenvalue weighted by atomic mass is 9.73. The van der Waals surface area contributed by atoms with Gasteiger partial charge < -0.3 is 52.8 Å². The second kappa shape index (κ2) is 14.7. The molecule has 0 aromatic carbocycles. The van der Waals surface area contributed by atoms with E-state index in [-0.39, 0.29) is 116 Å². The number of rotatable bonds is 2. The maximum atomic E-state index is 14.1. The molecule has 12 bridgehead atoms. The summed E-state index contributed by atoms with van der Waals surface area (Å²) in [4.78, 5) is 14.1. The Morgan fingerprint density at radius 3 is 2.33 bits per heavy atom. The summed E-state index contributed by atoms with van der Waals surface area (Å²) >= 11 is 0. The fourth-order valence-corrected chi connectivity index (χ4v) is 12.6. The van der Waals surface area contributed by atoms with E-state index in [0.717, 1.165) is 68.9 Å². The van der Waals surface area contributed by atoms with E-state index in [9.17, 15) is 15.0 Å². The van der Waals surface area contributed by atoms with E-state index in [2.05, 4.69) is 20.1 Å². The van der Waals surface area contributed by atoms with E-state index in [0.29, 0.717) is 25.7 Å². The van der Waals surface area contributed by atoms with E-state index in [4.69, 9.17) is 42.6 Å². The highest BCUT2D eigenvalue weighted by Crippen LogP contribution is 2.57. The van der Waals surface area contributed by atoms with Gasteiger partial charge >= 0.3 is 5.97 Å². The predicted octanol–water partition coefficient (Wildman–Crippen LogP) is 4.25. The van der Waals surface area contributed by atoms with Crippen molar-refractivity contribution in [1.82, 2.24) is 0 Å². The van der Waals surface area contributed by atoms with E-state index in [1.54, 1.807) is 0 Å². The Morgan fingerprint density at radius 1 is 0.691 bits per heavy atom. The van der Waals surface area contributed by atoms with Crippen LogP contribution in [0.4, 0.5) is 0 Å². The van der Waals surface area contributed by atoms with Gasteiger partial charge in [-0.05, 0) is 81.3 Å². The highest BCUT2D eigenvalue weighted by Gasteiger charge is 2.67. The van der Waals surface area contributed by atoms with Crippen molar-refractivity contribution in [3.63, 3.8) is 0 Å². The van der Waals surface area contributed by atoms with Crippen molar-refractivity contribution >= 4 is 5.97 Å². The minimum atomic E-state index is -0.759. The number of carbonyl (C=O) groups excluding carboxylic acids is 1. The van der Waals surface area contributed by atoms with Gasteiger partial charge in [0.1, 0.15) is 18.3 Å². The molecule has 2 N–H and O–H groups in total. The van der Waals surface area contributed by atoms with Crippen molar-refractivity contribution in [2.24, 2.45) is 17.8 Å². The number of ether oxygens (including phenoxy) is 9. The molecule has 0 saturated carbocycles. The molecule has 12 nitrogen and oxygen atoms in total. The number of aliphatic hydroxyl groups excluding tert-OH is 2. The lowest BCUT2D eigenvalue weighted by Crippen LogP contribution is -2.61. The molecule has 11 fully saturated rings. The van der Waals surface area contributed by atoms with Gasteiger partial charge in [0.25, 0.3) is 0 Å². The van der Waals surface area contributed by atoms with Crippen LogP contribution in [0.2, 0.25) is 0 Å². The fourth-order valence-electron chi connectivity index (χ4n) is 12.6. The normalized spacial score (nSPS) is 54.9. The van der Waals surface area contributed by atoms with Crippen molar-refractivity contribution < 1.29 is 57.6 Å². The van der Waals surface area contributed by atoms with Crippen molar-refractivity contribution in [2.75, 3.05) is 6.61 Å². The molecule has 21 atom stereocenters. The summed E-state index contributed by atoms with van der Waals surface area (Å²) < 4.78 is 60.6. The monoisotopic (exact) mass is 770 g/mol. The molecule has 11 saturated heterocycles. The Bertz CT molecular complexity index is 1490. The highest BCUT2D eigenvalue weighted by atomic mass is 16.7. The van der Waals surface area contributed by atoms with Crippen LogP contribution < -0.4 is 0 Å². The second-order valence-electron chi connectivity index (χ2n) is 19.0. The molecule has 0 aromatic heterocycles. The Morgan fingerprint density at radius 2 is 1.47 bits per heavy atom. The van der Waals surface area contributed by atoms with Crippen molar-refractivity contribution in [1.29, 1.82) is 0 Å². The van der Waals surface area contributed by atoms with Gasteiger partial charge in [0.2, 0.25) is 0 Å². The molecule has 11 aliphatic rings. The summed E-state index contributed by atoms with van der Waals surface area (Å²) in [6, 6.07) is 0. The lowest BCUT2D eigenvalue weighted by molar-refractivity contribution is -0.274. The molecule has 12 heteroatoms. The van der Waals surface area contributed by atoms with Gasteiger partial charge in [0, 0.05) is 37.7 Å². The molecule has 11 rings (SSSR count). The molecule has 55 heavy (non-hydrogen) atoms. The fraction of sp³-hybridized carbons (Fsp3) is 0.884. The van der Waals surface area contributed by atoms with E-state index >= 15 is 0 Å². The molecular formula is C43H62O12. The smallest absolute Gasteiger partial charge is 0.308 e. The Balaban J connectivity index is 0.934. The molecule has 0 aliphatic carbocycles. The summed E-state index contributed by atoms with van der Waals surface area (Å²) in [6.07, 6.45) is 5.82. The summed E-state index contributed by atoms with van der Waals surface area (Å²) in [5.41, 5.74) is 1.88. The molecule has 0 unspecified atom stereocenters. The van der Waals surface area contributed by atoms with Gasteiger partial charge in [-0.25, -0.2) is 0 Å². The maximum Gasteiger partial charge on any atom is 0.308 e. The standard InChI is InChI=1S/C43H62O12/c1-20-13-24-5-7-29-21(2)14-26(47-29)9-11-43-18-27-39-31(52-42-40(27)53-35(19-43)41(42)55-43)8-6-25(49-39)15-36(46)54-38-23(4)37-33(16-28(45)30(51-37)10-12-44)50-34(38)17-32(48-24)22(20)3/h20,23-35,37-42,44-45H,2-3,5-19H2,1,4H3/t20-,23+,24+,25-,26+,27+,28-,29+,30-,31+,32-,33+,34+,35-,37+,38-,39-,40+,41+,42-,43+/m1/s1. The average molecular weight is 771 g/mol. The van der Waals surface area contributed by atoms with Crippen LogP contribution in [0.5, 0.6) is 0 Å². The average Bonchev–Trinajstić information content (AvgIpc) is 3.74. The molecule has 1 spiro atoms. The van der Waals surface area contributed by atoms with Gasteiger partial charge in [0.05, 0.1) is 97.5 Å². The maximum absolute atomic E-state index is 14.1. The molecule has 0 amide bonds. The van der Waals surface area contributed by atoms with Gasteiger partial charge in [-0.3, -0.25) is 4.79 Å². The third kappa shape index (κ3) is 6.80. The van der Waals surface area contributed by atoms with Crippen LogP contribution in [-0.4, -0.2) is 132 Å². The minimum Gasteiger partial charge on any atom is -0.459 e. The molecule has 306 valence electrons. The van der Waals surface area contributed by atoms with Gasteiger partial charge in [-0.1, -0.05) is 27.0 Å². The van der Waals surface area contributed by atoms with Crippen LogP contribution in [0.1, 0.15) is 104 Å². The first kappa shape index (κ1) is 37.8. The SMILES string of the molecule is C=C1C[C@@H]2CC[C@@]34C[C@H]5[C@H]6O[C@H](CC[C@@H]6O[C@H]6[C@@H](O3)[C@@H](C4)O[C@@H]56)CC(=O)O[C@@H]3[C@@H](C)[C@@H]4O[C@H](CCO)[C@H](O)C[C@@H]4O[C@H]3C[C@H]3O[C@@H](CC[C@@H]1O2)C[C@@H](C)C3=C. The van der Waals surface area contributed by atoms with Crippen molar-refractivity contribution in [3.05, 3.63) is 24.3 Å². The molecule has 0 radical (unpaired) electrons. The topological polar surface area (TPSA) is 141 Å². The van der Waals surface area contributed by atoms with E-state index in [1.165, 1.54) is 0 Å². The summed E-state index contributed by atoms with van der Waals surface area (Å²) in [7, 11) is 0. The second-order valence-corrected chi connectivity index (χ2v) is 19.0. The summed E-state index contributed by atoms with van der Waals surface area (Å²) in [5, 5.41) is 20.6. The third-order valence-electron chi connectivity index (χ3n) is 15.4. The molecular weight excluding hydrogens is 708 g/mol. The zero-order chi connectivity index (χ0) is 37.7. The summed E-state index contributed by atoms with van der Waals surface area (Å²) in [5.74, 6) is -0.170. The van der Waals surface area contributed by atoms with Gasteiger partial charge in [-0.15, -0.1) is 0 Å². The van der Waals surface area contributed by atoms with E-state index < -0.39 is 30.5 Å². The van der Waals surface area contributed by atoms with Crippen LogP contribution in [0, 0.1) is 17.8 Å². The molecule has 11 aliphatic heterocycles. The van der Waals surface area contributed by atoms with Gasteiger partial charge in [0.15, 0.2) is 0 Å². The Hall–Kier alpha value is -1.45. The molecule has 0 aromatic rings. The molecule has 11 heterocycles. The lowest BCUT2D eigenvalue weighted by Gasteiger charge is -2.51. The van der Waals surface area contributed by atoms with Crippen molar-refractivity contribution in [2.45, 2.75) is 213 Å². The quantitative estimate of drug-likeness (QED) is 0.307. The number of fused-ring (bicyclic) bond motifs is 7. The van der Waals surface area contributed by atoms with Crippen molar-refractivity contribution in [3.8, 4) is 0 Å². The number of esters is 1. The largest absolute Gasteiger partial charge is 0.459 e. The Labute approximate surface area is 324 Å². The van der Waals surface area contributed by atoms with Crippen LogP contribution >= 0.6 is 0 Å². The summed E-state index contributed by atoms with van der Waals surface area (Å²) in [6.45, 7) is 13.1. The van der Waals surface area contributed by atoms with E-state index in [1.807, 2.05) is 6.92 Å². The first-order valence-electron chi connectivity index (χ1n) is 21.7. The zero-order valence-electron chi connectivity index (χ0n) is 32.5. The predicted molar refractivity (Wildman–Crippen MR) is 196 cm³/mol. The number of aliphatic hydroxyl groups is 2. The number of hydrogen-bond donors (Lipinski definition) is 2. The van der Waals surface area contributed by atoms with Gasteiger partial charge in [-0.2, -0.15) is 0 Å². The van der Waals surface area contributed by atoms with Crippen LogP contribution in [-0.2, 0) is 47.4 Å². The Kier molecular flexibility index (Phi) is 10.1. The zero-order valence-corrected chi connectivity index (χ0v) is 32.5. The minimum absolute atomic E-state index is 0.00181. The van der Waals surface area contributed by atoms with Crippen LogP contribution in [0.3, 0.4) is 0 Å².